The number of para-hydroxylation sites is 2. The number of nitrogens with one attached hydrogen (secondary N) is 2. The van der Waals surface area contributed by atoms with Crippen molar-refractivity contribution in [2.45, 2.75) is 57.0 Å². The highest BCUT2D eigenvalue weighted by Gasteiger charge is 2.26. The van der Waals surface area contributed by atoms with Crippen LogP contribution in [0.3, 0.4) is 0 Å². The van der Waals surface area contributed by atoms with Crippen molar-refractivity contribution in [1.29, 1.82) is 0 Å². The van der Waals surface area contributed by atoms with Gasteiger partial charge in [0.15, 0.2) is 5.82 Å². The van der Waals surface area contributed by atoms with Crippen LogP contribution in [0.15, 0.2) is 30.3 Å². The van der Waals surface area contributed by atoms with Crippen molar-refractivity contribution in [3.05, 3.63) is 36.2 Å². The molecule has 3 fully saturated rings. The second-order valence-electron chi connectivity index (χ2n) is 11.0. The molecular weight excluding hydrogens is 536 g/mol. The summed E-state index contributed by atoms with van der Waals surface area (Å²) in [7, 11) is -0.632. The number of imidazole rings is 1. The molecule has 1 saturated carbocycles. The van der Waals surface area contributed by atoms with Crippen LogP contribution >= 0.6 is 0 Å². The van der Waals surface area contributed by atoms with Crippen LogP contribution < -0.4 is 15.5 Å². The van der Waals surface area contributed by atoms with E-state index >= 15 is 0 Å². The van der Waals surface area contributed by atoms with Crippen molar-refractivity contribution >= 4 is 33.6 Å². The van der Waals surface area contributed by atoms with Crippen LogP contribution in [0.5, 0.6) is 0 Å². The normalized spacial score (nSPS) is 25.9. The molecule has 4 heterocycles. The average molecular weight is 574 g/mol. The van der Waals surface area contributed by atoms with Gasteiger partial charge in [-0.2, -0.15) is 9.97 Å². The highest BCUT2D eigenvalue weighted by Crippen LogP contribution is 2.30. The summed E-state index contributed by atoms with van der Waals surface area (Å²) in [4.78, 5) is 15.8. The lowest BCUT2D eigenvalue weighted by atomic mass is 9.85. The molecule has 2 aliphatic heterocycles. The van der Waals surface area contributed by atoms with E-state index in [9.17, 15) is 13.0 Å². The summed E-state index contributed by atoms with van der Waals surface area (Å²) in [6, 6.07) is 9.92. The first-order chi connectivity index (χ1) is 19.5. The lowest BCUT2D eigenvalue weighted by Gasteiger charge is -2.33. The maximum atomic E-state index is 14.1. The van der Waals surface area contributed by atoms with Gasteiger partial charge in [0.25, 0.3) is 6.43 Å². The van der Waals surface area contributed by atoms with Crippen LogP contribution in [0.2, 0.25) is 0 Å². The molecular formula is C28H37F2N7O2S. The van der Waals surface area contributed by atoms with E-state index in [0.717, 1.165) is 56.6 Å². The largest absolute Gasteiger partial charge is 0.378 e. The second kappa shape index (κ2) is 12.4. The minimum absolute atomic E-state index is 0.325. The van der Waals surface area contributed by atoms with Gasteiger partial charge in [-0.1, -0.05) is 12.1 Å². The molecule has 216 valence electrons. The fraction of sp³-hybridized carbons (Fsp3) is 0.607. The van der Waals surface area contributed by atoms with Gasteiger partial charge >= 0.3 is 0 Å². The van der Waals surface area contributed by atoms with E-state index in [2.05, 4.69) is 20.5 Å². The fourth-order valence-corrected chi connectivity index (χ4v) is 7.36. The Morgan fingerprint density at radius 1 is 0.950 bits per heavy atom. The van der Waals surface area contributed by atoms with E-state index in [0.29, 0.717) is 72.9 Å². The molecule has 0 unspecified atom stereocenters. The van der Waals surface area contributed by atoms with Crippen LogP contribution in [-0.2, 0) is 15.5 Å². The molecule has 0 radical (unpaired) electrons. The molecule has 6 rings (SSSR count). The zero-order valence-electron chi connectivity index (χ0n) is 22.6. The van der Waals surface area contributed by atoms with Crippen molar-refractivity contribution < 1.29 is 17.7 Å². The van der Waals surface area contributed by atoms with E-state index in [-0.39, 0.29) is 5.82 Å². The Kier molecular flexibility index (Phi) is 8.54. The topological polar surface area (TPSA) is 97.2 Å². The summed E-state index contributed by atoms with van der Waals surface area (Å²) in [5.41, 5.74) is 1.09. The summed E-state index contributed by atoms with van der Waals surface area (Å²) in [6.45, 7) is 3.27. The van der Waals surface area contributed by atoms with Crippen LogP contribution in [0.1, 0.15) is 50.8 Å². The van der Waals surface area contributed by atoms with Crippen molar-refractivity contribution in [1.82, 2.24) is 24.8 Å². The lowest BCUT2D eigenvalue weighted by molar-refractivity contribution is 0.122. The van der Waals surface area contributed by atoms with Crippen LogP contribution in [0, 0.1) is 5.92 Å². The van der Waals surface area contributed by atoms with Gasteiger partial charge < -0.3 is 20.3 Å². The Morgan fingerprint density at radius 3 is 2.40 bits per heavy atom. The third kappa shape index (κ3) is 6.28. The Morgan fingerprint density at radius 2 is 1.65 bits per heavy atom. The van der Waals surface area contributed by atoms with Gasteiger partial charge in [-0.05, 0) is 56.6 Å². The first kappa shape index (κ1) is 27.5. The van der Waals surface area contributed by atoms with Gasteiger partial charge in [-0.15, -0.1) is 0 Å². The van der Waals surface area contributed by atoms with E-state index in [1.807, 2.05) is 6.07 Å². The number of hydrogen-bond acceptors (Lipinski definition) is 8. The molecule has 9 nitrogen and oxygen atoms in total. The molecule has 2 saturated heterocycles. The number of ether oxygens (including phenoxy) is 1. The number of benzene rings is 1. The molecule has 12 heteroatoms. The molecule has 1 aromatic carbocycles. The van der Waals surface area contributed by atoms with Gasteiger partial charge in [0.05, 0.1) is 24.2 Å². The summed E-state index contributed by atoms with van der Waals surface area (Å²) >= 11 is 0. The first-order valence-electron chi connectivity index (χ1n) is 14.4. The van der Waals surface area contributed by atoms with Crippen LogP contribution in [-0.4, -0.2) is 80.2 Å². The predicted molar refractivity (Wildman–Crippen MR) is 153 cm³/mol. The zero-order chi connectivity index (χ0) is 27.5. The summed E-state index contributed by atoms with van der Waals surface area (Å²) in [5, 5.41) is 7.24. The zero-order valence-corrected chi connectivity index (χ0v) is 23.4. The van der Waals surface area contributed by atoms with E-state index in [1.54, 1.807) is 24.3 Å². The van der Waals surface area contributed by atoms with Crippen LogP contribution in [0.25, 0.3) is 16.9 Å². The number of hydrogen-bond donors (Lipinski definition) is 2. The lowest BCUT2D eigenvalue weighted by Crippen LogP contribution is -2.44. The molecule has 2 aromatic heterocycles. The molecule has 2 N–H and O–H groups in total. The Hall–Kier alpha value is -2.70. The van der Waals surface area contributed by atoms with Crippen molar-refractivity contribution in [2.75, 3.05) is 54.6 Å². The third-order valence-electron chi connectivity index (χ3n) is 8.30. The molecule has 40 heavy (non-hydrogen) atoms. The maximum Gasteiger partial charge on any atom is 0.296 e. The minimum Gasteiger partial charge on any atom is -0.378 e. The van der Waals surface area contributed by atoms with Gasteiger partial charge in [0.1, 0.15) is 11.6 Å². The van der Waals surface area contributed by atoms with Gasteiger partial charge in [0, 0.05) is 60.1 Å². The molecule has 0 atom stereocenters. The highest BCUT2D eigenvalue weighted by molar-refractivity contribution is 7.85. The van der Waals surface area contributed by atoms with Gasteiger partial charge in [-0.3, -0.25) is 8.78 Å². The third-order valence-corrected chi connectivity index (χ3v) is 9.68. The van der Waals surface area contributed by atoms with Gasteiger partial charge in [-0.25, -0.2) is 13.8 Å². The molecule has 0 bridgehead atoms. The fourth-order valence-electron chi connectivity index (χ4n) is 6.06. The molecule has 0 amide bonds. The molecule has 3 aromatic rings. The van der Waals surface area contributed by atoms with Crippen molar-refractivity contribution in [3.8, 4) is 5.82 Å². The minimum atomic E-state index is -2.75. The van der Waals surface area contributed by atoms with E-state index in [1.165, 1.54) is 4.57 Å². The smallest absolute Gasteiger partial charge is 0.296 e. The molecule has 3 aliphatic rings. The Bertz CT molecular complexity index is 1320. The van der Waals surface area contributed by atoms with Crippen LogP contribution in [0.4, 0.5) is 20.5 Å². The number of alkyl halides is 2. The average Bonchev–Trinajstić information content (AvgIpc) is 3.39. The number of aromatic nitrogens is 4. The molecule has 0 spiro atoms. The second-order valence-corrected chi connectivity index (χ2v) is 12.7. The number of anilines is 2. The monoisotopic (exact) mass is 573 g/mol. The van der Waals surface area contributed by atoms with Gasteiger partial charge in [0.2, 0.25) is 5.95 Å². The molecule has 1 aliphatic carbocycles. The summed E-state index contributed by atoms with van der Waals surface area (Å²) in [6.07, 6.45) is 3.70. The summed E-state index contributed by atoms with van der Waals surface area (Å²) < 4.78 is 46.8. The quantitative estimate of drug-likeness (QED) is 0.417. The van der Waals surface area contributed by atoms with E-state index < -0.39 is 17.2 Å². The number of rotatable bonds is 8. The highest BCUT2D eigenvalue weighted by atomic mass is 32.2. The van der Waals surface area contributed by atoms with Crippen molar-refractivity contribution in [2.24, 2.45) is 5.92 Å². The number of morpholine rings is 1. The standard InChI is InChI=1S/C28H37F2N7O2S/c29-26(30)27-33-22-3-1-2-4-23(22)37(27)25-17-24(36-11-13-39-14-12-36)34-28(35-25)31-18-19-5-7-20(8-6-19)32-21-9-15-40(38)16-10-21/h1-4,17,19-21,26,32H,5-16,18H2,(H,31,34,35). The SMILES string of the molecule is O=S1CCC(NC2CCC(CNc3nc(N4CCOCC4)cc(-n4c(C(F)F)nc5ccccc54)n3)CC2)CC1. The summed E-state index contributed by atoms with van der Waals surface area (Å²) in [5.74, 6) is 3.30. The van der Waals surface area contributed by atoms with E-state index in [4.69, 9.17) is 14.7 Å². The number of fused-ring (bicyclic) bond motifs is 1. The Labute approximate surface area is 235 Å². The predicted octanol–water partition coefficient (Wildman–Crippen LogP) is 4.06. The maximum absolute atomic E-state index is 14.1. The first-order valence-corrected chi connectivity index (χ1v) is 15.8. The Balaban J connectivity index is 1.18. The number of nitrogens with zero attached hydrogens (tertiary/aromatic N) is 5. The number of halogens is 2. The van der Waals surface area contributed by atoms with Crippen molar-refractivity contribution in [3.63, 3.8) is 0 Å².